The van der Waals surface area contributed by atoms with Gasteiger partial charge in [0.05, 0.1) is 5.69 Å². The van der Waals surface area contributed by atoms with Crippen molar-refractivity contribution in [3.63, 3.8) is 0 Å². The summed E-state index contributed by atoms with van der Waals surface area (Å²) in [6.45, 7) is 5.79. The normalized spacial score (nSPS) is 12.4. The molecular formula is C14H22N2. The smallest absolute Gasteiger partial charge is 0.0600 e. The molecule has 16 heavy (non-hydrogen) atoms. The Morgan fingerprint density at radius 3 is 2.94 bits per heavy atom. The summed E-state index contributed by atoms with van der Waals surface area (Å²) in [5, 5.41) is 0. The van der Waals surface area contributed by atoms with Crippen molar-refractivity contribution in [1.29, 1.82) is 0 Å². The average molecular weight is 218 g/mol. The summed E-state index contributed by atoms with van der Waals surface area (Å²) in [5.41, 5.74) is 8.37. The molecule has 0 amide bonds. The number of rotatable bonds is 7. The van der Waals surface area contributed by atoms with Crippen LogP contribution >= 0.6 is 0 Å². The Bertz CT molecular complexity index is 320. The van der Waals surface area contributed by atoms with E-state index in [1.807, 2.05) is 18.3 Å². The summed E-state index contributed by atoms with van der Waals surface area (Å²) in [6.07, 6.45) is 9.55. The van der Waals surface area contributed by atoms with Gasteiger partial charge in [0.15, 0.2) is 0 Å². The molecule has 1 atom stereocenters. The van der Waals surface area contributed by atoms with Gasteiger partial charge in [-0.3, -0.25) is 4.98 Å². The number of unbranched alkanes of at least 4 members (excludes halogenated alkanes) is 3. The number of allylic oxidation sites excluding steroid dienone is 1. The first-order valence-electron chi connectivity index (χ1n) is 6.03. The number of pyridine rings is 1. The van der Waals surface area contributed by atoms with E-state index in [1.165, 1.54) is 24.8 Å². The zero-order valence-electron chi connectivity index (χ0n) is 10.2. The third kappa shape index (κ3) is 4.15. The topological polar surface area (TPSA) is 38.9 Å². The fraction of sp³-hybridized carbons (Fsp3) is 0.500. The van der Waals surface area contributed by atoms with Gasteiger partial charge in [-0.05, 0) is 37.8 Å². The predicted molar refractivity (Wildman–Crippen MR) is 69.2 cm³/mol. The second-order valence-electron chi connectivity index (χ2n) is 4.24. The largest absolute Gasteiger partial charge is 0.323 e. The molecule has 0 aliphatic carbocycles. The molecule has 0 saturated carbocycles. The molecule has 2 N–H and O–H groups in total. The highest BCUT2D eigenvalue weighted by atomic mass is 14.8. The van der Waals surface area contributed by atoms with Gasteiger partial charge in [-0.2, -0.15) is 0 Å². The van der Waals surface area contributed by atoms with Crippen molar-refractivity contribution < 1.29 is 0 Å². The minimum atomic E-state index is 0.0879. The highest BCUT2D eigenvalue weighted by molar-refractivity contribution is 5.20. The monoisotopic (exact) mass is 218 g/mol. The van der Waals surface area contributed by atoms with E-state index in [2.05, 4.69) is 24.6 Å². The molecule has 88 valence electrons. The second-order valence-corrected chi connectivity index (χ2v) is 4.24. The summed E-state index contributed by atoms with van der Waals surface area (Å²) >= 11 is 0. The molecule has 2 heteroatoms. The summed E-state index contributed by atoms with van der Waals surface area (Å²) < 4.78 is 0. The van der Waals surface area contributed by atoms with Gasteiger partial charge in [0.1, 0.15) is 0 Å². The Balaban J connectivity index is 2.32. The highest BCUT2D eigenvalue weighted by Crippen LogP contribution is 2.18. The van der Waals surface area contributed by atoms with Crippen LogP contribution in [0.4, 0.5) is 0 Å². The zero-order chi connectivity index (χ0) is 11.8. The highest BCUT2D eigenvalue weighted by Gasteiger charge is 2.08. The maximum atomic E-state index is 6.13. The van der Waals surface area contributed by atoms with Crippen LogP contribution in [-0.4, -0.2) is 4.98 Å². The van der Waals surface area contributed by atoms with Crippen LogP contribution in [0.3, 0.4) is 0 Å². The van der Waals surface area contributed by atoms with Crippen molar-refractivity contribution in [2.45, 2.75) is 45.1 Å². The number of aryl methyl sites for hydroxylation is 1. The van der Waals surface area contributed by atoms with Crippen molar-refractivity contribution in [2.24, 2.45) is 5.73 Å². The van der Waals surface area contributed by atoms with Crippen LogP contribution in [0, 0.1) is 6.92 Å². The van der Waals surface area contributed by atoms with E-state index in [4.69, 9.17) is 5.73 Å². The number of aromatic nitrogens is 1. The predicted octanol–water partition coefficient (Wildman–Crippen LogP) is 3.53. The first-order valence-corrected chi connectivity index (χ1v) is 6.03. The van der Waals surface area contributed by atoms with Crippen LogP contribution in [0.25, 0.3) is 0 Å². The van der Waals surface area contributed by atoms with Gasteiger partial charge in [0, 0.05) is 12.2 Å². The van der Waals surface area contributed by atoms with Gasteiger partial charge in [-0.1, -0.05) is 25.0 Å². The summed E-state index contributed by atoms with van der Waals surface area (Å²) in [4.78, 5) is 4.35. The van der Waals surface area contributed by atoms with Gasteiger partial charge in [-0.15, -0.1) is 6.58 Å². The average Bonchev–Trinajstić information content (AvgIpc) is 2.29. The molecule has 2 nitrogen and oxygen atoms in total. The Kier molecular flexibility index (Phi) is 5.79. The lowest BCUT2D eigenvalue weighted by Crippen LogP contribution is -2.13. The Morgan fingerprint density at radius 1 is 1.44 bits per heavy atom. The fourth-order valence-corrected chi connectivity index (χ4v) is 1.85. The van der Waals surface area contributed by atoms with E-state index in [0.29, 0.717) is 0 Å². The van der Waals surface area contributed by atoms with Crippen molar-refractivity contribution in [1.82, 2.24) is 4.98 Å². The van der Waals surface area contributed by atoms with E-state index >= 15 is 0 Å². The van der Waals surface area contributed by atoms with Crippen LogP contribution < -0.4 is 5.73 Å². The molecule has 0 saturated heterocycles. The van der Waals surface area contributed by atoms with Gasteiger partial charge in [-0.25, -0.2) is 0 Å². The number of nitrogens with two attached hydrogens (primary N) is 1. The van der Waals surface area contributed by atoms with Gasteiger partial charge < -0.3 is 5.73 Å². The molecule has 0 aliphatic rings. The second kappa shape index (κ2) is 7.18. The molecule has 1 heterocycles. The first-order chi connectivity index (χ1) is 7.75. The zero-order valence-corrected chi connectivity index (χ0v) is 10.2. The van der Waals surface area contributed by atoms with E-state index in [1.54, 1.807) is 0 Å². The molecule has 0 aromatic carbocycles. The Morgan fingerprint density at radius 2 is 2.25 bits per heavy atom. The lowest BCUT2D eigenvalue weighted by Gasteiger charge is -2.12. The standard InChI is InChI=1S/C14H22N2/c1-3-4-5-6-7-10-13(15)14-12(2)9-8-11-16-14/h3,8-9,11,13H,1,4-7,10,15H2,2H3. The van der Waals surface area contributed by atoms with Crippen LogP contribution in [0.1, 0.15) is 49.4 Å². The molecule has 0 radical (unpaired) electrons. The van der Waals surface area contributed by atoms with Crippen molar-refractivity contribution >= 4 is 0 Å². The molecule has 1 aromatic rings. The van der Waals surface area contributed by atoms with Gasteiger partial charge in [0.2, 0.25) is 0 Å². The molecule has 1 unspecified atom stereocenters. The molecule has 1 aromatic heterocycles. The van der Waals surface area contributed by atoms with Crippen LogP contribution in [-0.2, 0) is 0 Å². The van der Waals surface area contributed by atoms with Crippen LogP contribution in [0.15, 0.2) is 31.0 Å². The fourth-order valence-electron chi connectivity index (χ4n) is 1.85. The number of hydrogen-bond acceptors (Lipinski definition) is 2. The van der Waals surface area contributed by atoms with Gasteiger partial charge >= 0.3 is 0 Å². The van der Waals surface area contributed by atoms with Crippen molar-refractivity contribution in [2.75, 3.05) is 0 Å². The Labute approximate surface area is 98.6 Å². The van der Waals surface area contributed by atoms with E-state index in [-0.39, 0.29) is 6.04 Å². The van der Waals surface area contributed by atoms with E-state index in [9.17, 15) is 0 Å². The summed E-state index contributed by atoms with van der Waals surface area (Å²) in [7, 11) is 0. The molecule has 0 bridgehead atoms. The summed E-state index contributed by atoms with van der Waals surface area (Å²) in [6, 6.07) is 4.11. The molecule has 0 aliphatic heterocycles. The molecular weight excluding hydrogens is 196 g/mol. The molecule has 0 fully saturated rings. The number of hydrogen-bond donors (Lipinski definition) is 1. The third-order valence-corrected chi connectivity index (χ3v) is 2.82. The SMILES string of the molecule is C=CCCCCCC(N)c1ncccc1C. The molecule has 0 spiro atoms. The van der Waals surface area contributed by atoms with E-state index < -0.39 is 0 Å². The van der Waals surface area contributed by atoms with Crippen molar-refractivity contribution in [3.8, 4) is 0 Å². The van der Waals surface area contributed by atoms with E-state index in [0.717, 1.165) is 18.5 Å². The lowest BCUT2D eigenvalue weighted by atomic mass is 10.0. The first kappa shape index (κ1) is 12.9. The number of nitrogens with zero attached hydrogens (tertiary/aromatic N) is 1. The lowest BCUT2D eigenvalue weighted by molar-refractivity contribution is 0.561. The Hall–Kier alpha value is -1.15. The minimum absolute atomic E-state index is 0.0879. The minimum Gasteiger partial charge on any atom is -0.323 e. The third-order valence-electron chi connectivity index (χ3n) is 2.82. The maximum Gasteiger partial charge on any atom is 0.0600 e. The molecule has 1 rings (SSSR count). The quantitative estimate of drug-likeness (QED) is 0.561. The van der Waals surface area contributed by atoms with Gasteiger partial charge in [0.25, 0.3) is 0 Å². The van der Waals surface area contributed by atoms with Crippen molar-refractivity contribution in [3.05, 3.63) is 42.2 Å². The summed E-state index contributed by atoms with van der Waals surface area (Å²) in [5.74, 6) is 0. The van der Waals surface area contributed by atoms with Crippen LogP contribution in [0.5, 0.6) is 0 Å². The maximum absolute atomic E-state index is 6.13. The van der Waals surface area contributed by atoms with Crippen LogP contribution in [0.2, 0.25) is 0 Å².